The van der Waals surface area contributed by atoms with E-state index in [9.17, 15) is 4.79 Å². The summed E-state index contributed by atoms with van der Waals surface area (Å²) in [5.41, 5.74) is 3.17. The molecule has 1 aromatic carbocycles. The molecule has 2 N–H and O–H groups in total. The fourth-order valence-electron chi connectivity index (χ4n) is 2.73. The van der Waals surface area contributed by atoms with Crippen LogP contribution in [0.25, 0.3) is 10.9 Å². The van der Waals surface area contributed by atoms with E-state index in [2.05, 4.69) is 26.3 Å². The first-order valence-corrected chi connectivity index (χ1v) is 7.81. The van der Waals surface area contributed by atoms with Gasteiger partial charge in [-0.05, 0) is 25.0 Å². The van der Waals surface area contributed by atoms with Crippen LogP contribution in [0, 0.1) is 0 Å². The van der Waals surface area contributed by atoms with Crippen molar-refractivity contribution < 1.29 is 4.79 Å². The lowest BCUT2D eigenvalue weighted by Crippen LogP contribution is -2.34. The summed E-state index contributed by atoms with van der Waals surface area (Å²) in [7, 11) is 0. The first-order chi connectivity index (χ1) is 11.2. The van der Waals surface area contributed by atoms with Gasteiger partial charge in [-0.3, -0.25) is 14.8 Å². The van der Waals surface area contributed by atoms with Crippen LogP contribution in [-0.2, 0) is 17.6 Å². The van der Waals surface area contributed by atoms with Crippen molar-refractivity contribution in [1.29, 1.82) is 0 Å². The highest BCUT2D eigenvalue weighted by Gasteiger charge is 2.10. The van der Waals surface area contributed by atoms with Gasteiger partial charge in [0.15, 0.2) is 0 Å². The Morgan fingerprint density at radius 2 is 2.17 bits per heavy atom. The molecule has 3 rings (SSSR count). The number of para-hydroxylation sites is 1. The van der Waals surface area contributed by atoms with Gasteiger partial charge in [0.2, 0.25) is 5.91 Å². The number of nitrogens with one attached hydrogen (secondary N) is 2. The average Bonchev–Trinajstić information content (AvgIpc) is 2.97. The van der Waals surface area contributed by atoms with Crippen LogP contribution in [0.3, 0.4) is 0 Å². The molecule has 2 heterocycles. The summed E-state index contributed by atoms with van der Waals surface area (Å²) in [6, 6.07) is 8.19. The summed E-state index contributed by atoms with van der Waals surface area (Å²) in [6.45, 7) is 1.98. The summed E-state index contributed by atoms with van der Waals surface area (Å²) >= 11 is 0. The van der Waals surface area contributed by atoms with Crippen molar-refractivity contribution in [1.82, 2.24) is 20.3 Å². The predicted molar refractivity (Wildman–Crippen MR) is 90.0 cm³/mol. The van der Waals surface area contributed by atoms with E-state index in [1.807, 2.05) is 31.3 Å². The summed E-state index contributed by atoms with van der Waals surface area (Å²) in [6.07, 6.45) is 8.93. The van der Waals surface area contributed by atoms with E-state index in [0.717, 1.165) is 17.6 Å². The standard InChI is InChI=1S/C18H20N4O/c1-13(10-15-12-19-8-9-20-15)22-18(23)7-6-14-11-21-17-5-3-2-4-16(14)17/h2-5,8-9,11-13,21H,6-7,10H2,1H3,(H,22,23)/t13-/m1/s1. The molecule has 3 aromatic rings. The number of hydrogen-bond donors (Lipinski definition) is 2. The van der Waals surface area contributed by atoms with Gasteiger partial charge in [-0.2, -0.15) is 0 Å². The number of amides is 1. The molecular formula is C18H20N4O. The number of carbonyl (C=O) groups is 1. The highest BCUT2D eigenvalue weighted by atomic mass is 16.1. The minimum absolute atomic E-state index is 0.0437. The maximum absolute atomic E-state index is 12.1. The van der Waals surface area contributed by atoms with Gasteiger partial charge < -0.3 is 10.3 Å². The van der Waals surface area contributed by atoms with Crippen LogP contribution < -0.4 is 5.32 Å². The second-order valence-corrected chi connectivity index (χ2v) is 5.73. The van der Waals surface area contributed by atoms with Gasteiger partial charge in [0.25, 0.3) is 0 Å². The maximum atomic E-state index is 12.1. The van der Waals surface area contributed by atoms with Gasteiger partial charge in [0.1, 0.15) is 0 Å². The van der Waals surface area contributed by atoms with Gasteiger partial charge in [0.05, 0.1) is 5.69 Å². The monoisotopic (exact) mass is 308 g/mol. The Morgan fingerprint density at radius 3 is 3.00 bits per heavy atom. The molecular weight excluding hydrogens is 288 g/mol. The van der Waals surface area contributed by atoms with Crippen LogP contribution in [0.1, 0.15) is 24.6 Å². The zero-order chi connectivity index (χ0) is 16.1. The number of H-pyrrole nitrogens is 1. The van der Waals surface area contributed by atoms with Crippen LogP contribution in [-0.4, -0.2) is 26.9 Å². The Bertz CT molecular complexity index is 782. The number of nitrogens with zero attached hydrogens (tertiary/aromatic N) is 2. The molecule has 0 aliphatic rings. The minimum Gasteiger partial charge on any atom is -0.361 e. The lowest BCUT2D eigenvalue weighted by Gasteiger charge is -2.13. The molecule has 5 heteroatoms. The number of aromatic amines is 1. The fourth-order valence-corrected chi connectivity index (χ4v) is 2.73. The molecule has 0 aliphatic carbocycles. The third-order valence-corrected chi connectivity index (χ3v) is 3.84. The van der Waals surface area contributed by atoms with Crippen molar-refractivity contribution in [3.05, 3.63) is 60.3 Å². The molecule has 0 saturated heterocycles. The summed E-state index contributed by atoms with van der Waals surface area (Å²) in [4.78, 5) is 23.6. The van der Waals surface area contributed by atoms with E-state index < -0.39 is 0 Å². The Labute approximate surface area is 135 Å². The second-order valence-electron chi connectivity index (χ2n) is 5.73. The molecule has 2 aromatic heterocycles. The van der Waals surface area contributed by atoms with E-state index in [-0.39, 0.29) is 11.9 Å². The van der Waals surface area contributed by atoms with Crippen molar-refractivity contribution in [3.63, 3.8) is 0 Å². The number of hydrogen-bond acceptors (Lipinski definition) is 3. The van der Waals surface area contributed by atoms with Crippen LogP contribution >= 0.6 is 0 Å². The third-order valence-electron chi connectivity index (χ3n) is 3.84. The lowest BCUT2D eigenvalue weighted by molar-refractivity contribution is -0.121. The molecule has 0 saturated carbocycles. The Morgan fingerprint density at radius 1 is 1.30 bits per heavy atom. The van der Waals surface area contributed by atoms with Crippen LogP contribution in [0.4, 0.5) is 0 Å². The molecule has 0 fully saturated rings. The van der Waals surface area contributed by atoms with Gasteiger partial charge in [0, 0.05) is 54.6 Å². The Hall–Kier alpha value is -2.69. The normalized spacial score (nSPS) is 12.2. The molecule has 1 atom stereocenters. The highest BCUT2D eigenvalue weighted by molar-refractivity contribution is 5.84. The summed E-state index contributed by atoms with van der Waals surface area (Å²) in [5, 5.41) is 4.21. The highest BCUT2D eigenvalue weighted by Crippen LogP contribution is 2.18. The number of rotatable bonds is 6. The molecule has 0 unspecified atom stereocenters. The molecule has 23 heavy (non-hydrogen) atoms. The van der Waals surface area contributed by atoms with E-state index >= 15 is 0 Å². The number of carbonyl (C=O) groups excluding carboxylic acids is 1. The lowest BCUT2D eigenvalue weighted by atomic mass is 10.1. The van der Waals surface area contributed by atoms with Crippen LogP contribution in [0.2, 0.25) is 0 Å². The maximum Gasteiger partial charge on any atom is 0.220 e. The molecule has 5 nitrogen and oxygen atoms in total. The SMILES string of the molecule is C[C@H](Cc1cnccn1)NC(=O)CCc1c[nH]c2ccccc12. The van der Waals surface area contributed by atoms with Crippen molar-refractivity contribution in [3.8, 4) is 0 Å². The van der Waals surface area contributed by atoms with Gasteiger partial charge >= 0.3 is 0 Å². The number of benzene rings is 1. The molecule has 0 spiro atoms. The largest absolute Gasteiger partial charge is 0.361 e. The number of aryl methyl sites for hydroxylation is 1. The predicted octanol–water partition coefficient (Wildman–Crippen LogP) is 2.64. The minimum atomic E-state index is 0.0437. The fraction of sp³-hybridized carbons (Fsp3) is 0.278. The first kappa shape index (κ1) is 15.2. The molecule has 118 valence electrons. The third kappa shape index (κ3) is 3.94. The summed E-state index contributed by atoms with van der Waals surface area (Å²) in [5.74, 6) is 0.0617. The molecule has 0 bridgehead atoms. The van der Waals surface area contributed by atoms with Crippen LogP contribution in [0.5, 0.6) is 0 Å². The zero-order valence-electron chi connectivity index (χ0n) is 13.1. The smallest absolute Gasteiger partial charge is 0.220 e. The van der Waals surface area contributed by atoms with E-state index in [1.165, 1.54) is 10.9 Å². The second kappa shape index (κ2) is 7.05. The van der Waals surface area contributed by atoms with Gasteiger partial charge in [-0.15, -0.1) is 0 Å². The van der Waals surface area contributed by atoms with Crippen molar-refractivity contribution >= 4 is 16.8 Å². The average molecular weight is 308 g/mol. The Kier molecular flexibility index (Phi) is 4.66. The van der Waals surface area contributed by atoms with Gasteiger partial charge in [-0.25, -0.2) is 0 Å². The summed E-state index contributed by atoms with van der Waals surface area (Å²) < 4.78 is 0. The molecule has 1 amide bonds. The first-order valence-electron chi connectivity index (χ1n) is 7.81. The quantitative estimate of drug-likeness (QED) is 0.735. The van der Waals surface area contributed by atoms with E-state index in [0.29, 0.717) is 12.8 Å². The van der Waals surface area contributed by atoms with Crippen molar-refractivity contribution in [2.75, 3.05) is 0 Å². The van der Waals surface area contributed by atoms with Crippen LogP contribution in [0.15, 0.2) is 49.1 Å². The van der Waals surface area contributed by atoms with E-state index in [4.69, 9.17) is 0 Å². The van der Waals surface area contributed by atoms with Crippen molar-refractivity contribution in [2.24, 2.45) is 0 Å². The number of aromatic nitrogens is 3. The molecule has 0 radical (unpaired) electrons. The topological polar surface area (TPSA) is 70.7 Å². The van der Waals surface area contributed by atoms with Gasteiger partial charge in [-0.1, -0.05) is 18.2 Å². The Balaban J connectivity index is 1.51. The van der Waals surface area contributed by atoms with Crippen molar-refractivity contribution in [2.45, 2.75) is 32.2 Å². The van der Waals surface area contributed by atoms with E-state index in [1.54, 1.807) is 18.6 Å². The number of fused-ring (bicyclic) bond motifs is 1. The zero-order valence-corrected chi connectivity index (χ0v) is 13.1. The molecule has 0 aliphatic heterocycles.